The maximum Gasteiger partial charge on any atom is 0.183 e. The van der Waals surface area contributed by atoms with Crippen LogP contribution in [0.2, 0.25) is 0 Å². The monoisotopic (exact) mass is 386 g/mol. The van der Waals surface area contributed by atoms with Crippen LogP contribution in [0, 0.1) is 0 Å². The smallest absolute Gasteiger partial charge is 0.183 e. The number of piperazine rings is 1. The van der Waals surface area contributed by atoms with E-state index in [-0.39, 0.29) is 16.4 Å². The molecule has 2 fully saturated rings. The number of likely N-dealkylation sites (N-methyl/N-ethyl adjacent to an activating group) is 1. The maximum absolute atomic E-state index is 13.1. The van der Waals surface area contributed by atoms with Crippen molar-refractivity contribution >= 4 is 19.7 Å². The van der Waals surface area contributed by atoms with Crippen LogP contribution in [0.4, 0.5) is 0 Å². The second-order valence-corrected chi connectivity index (χ2v) is 11.4. The molecule has 2 atom stereocenters. The fourth-order valence-corrected chi connectivity index (χ4v) is 8.51. The van der Waals surface area contributed by atoms with Crippen molar-refractivity contribution in [2.24, 2.45) is 0 Å². The van der Waals surface area contributed by atoms with Crippen LogP contribution in [0.25, 0.3) is 0 Å². The summed E-state index contributed by atoms with van der Waals surface area (Å²) in [6.07, 6.45) is 0.835. The quantitative estimate of drug-likeness (QED) is 0.747. The normalized spacial score (nSPS) is 28.2. The number of nitrogens with zero attached hydrogens (tertiary/aromatic N) is 2. The van der Waals surface area contributed by atoms with Gasteiger partial charge in [-0.15, -0.1) is 0 Å². The van der Waals surface area contributed by atoms with Gasteiger partial charge in [-0.1, -0.05) is 19.1 Å². The molecule has 25 heavy (non-hydrogen) atoms. The summed E-state index contributed by atoms with van der Waals surface area (Å²) in [4.78, 5) is 4.45. The SMILES string of the molecule is CCc1ccc(S(=O)(=O)[C@@H]2CS(=O)(=O)C[C@@H]2N2CCN(C)CC2)cc1. The average Bonchev–Trinajstić information content (AvgIpc) is 2.92. The van der Waals surface area contributed by atoms with Gasteiger partial charge in [-0.3, -0.25) is 4.90 Å². The second-order valence-electron chi connectivity index (χ2n) is 7.06. The van der Waals surface area contributed by atoms with E-state index < -0.39 is 31.0 Å². The number of rotatable bonds is 4. The summed E-state index contributed by atoms with van der Waals surface area (Å²) < 4.78 is 50.7. The molecule has 0 N–H and O–H groups in total. The molecule has 0 saturated carbocycles. The zero-order valence-corrected chi connectivity index (χ0v) is 16.4. The molecule has 1 aromatic carbocycles. The van der Waals surface area contributed by atoms with Crippen molar-refractivity contribution in [3.63, 3.8) is 0 Å². The van der Waals surface area contributed by atoms with E-state index in [9.17, 15) is 16.8 Å². The molecule has 0 bridgehead atoms. The molecule has 2 aliphatic rings. The Morgan fingerprint density at radius 1 is 1.04 bits per heavy atom. The molecule has 6 nitrogen and oxygen atoms in total. The van der Waals surface area contributed by atoms with Gasteiger partial charge in [0.15, 0.2) is 19.7 Å². The van der Waals surface area contributed by atoms with Gasteiger partial charge >= 0.3 is 0 Å². The molecule has 0 spiro atoms. The minimum absolute atomic E-state index is 0.0619. The standard InChI is InChI=1S/C17H26N2O4S2/c1-3-14-4-6-15(7-5-14)25(22,23)17-13-24(20,21)12-16(17)19-10-8-18(2)9-11-19/h4-7,16-17H,3,8-13H2,1-2H3/t16-,17+/m0/s1. The van der Waals surface area contributed by atoms with Crippen LogP contribution in [0.1, 0.15) is 12.5 Å². The first kappa shape index (κ1) is 18.8. The van der Waals surface area contributed by atoms with Crippen molar-refractivity contribution in [2.75, 3.05) is 44.7 Å². The molecule has 0 amide bonds. The average molecular weight is 387 g/mol. The highest BCUT2D eigenvalue weighted by atomic mass is 32.2. The molecule has 0 aromatic heterocycles. The van der Waals surface area contributed by atoms with Crippen molar-refractivity contribution in [3.8, 4) is 0 Å². The highest BCUT2D eigenvalue weighted by Crippen LogP contribution is 2.29. The lowest BCUT2D eigenvalue weighted by Gasteiger charge is -2.37. The Morgan fingerprint density at radius 2 is 1.64 bits per heavy atom. The summed E-state index contributed by atoms with van der Waals surface area (Å²) in [5.74, 6) is -0.338. The van der Waals surface area contributed by atoms with Crippen LogP contribution in [-0.4, -0.2) is 82.7 Å². The van der Waals surface area contributed by atoms with Crippen molar-refractivity contribution in [2.45, 2.75) is 29.5 Å². The van der Waals surface area contributed by atoms with Gasteiger partial charge in [0.25, 0.3) is 0 Å². The van der Waals surface area contributed by atoms with Gasteiger partial charge in [0.05, 0.1) is 21.7 Å². The van der Waals surface area contributed by atoms with Gasteiger partial charge in [0.1, 0.15) is 0 Å². The van der Waals surface area contributed by atoms with Crippen molar-refractivity contribution < 1.29 is 16.8 Å². The highest BCUT2D eigenvalue weighted by molar-refractivity contribution is 7.96. The molecule has 2 aliphatic heterocycles. The minimum Gasteiger partial charge on any atom is -0.304 e. The molecule has 8 heteroatoms. The fraction of sp³-hybridized carbons (Fsp3) is 0.647. The zero-order chi connectivity index (χ0) is 18.2. The second kappa shape index (κ2) is 6.98. The molecule has 1 aromatic rings. The summed E-state index contributed by atoms with van der Waals surface area (Å²) in [6.45, 7) is 5.08. The Hall–Kier alpha value is -0.960. The van der Waals surface area contributed by atoms with E-state index in [1.165, 1.54) is 0 Å². The van der Waals surface area contributed by atoms with Crippen LogP contribution in [0.5, 0.6) is 0 Å². The Bertz CT molecular complexity index is 811. The third kappa shape index (κ3) is 3.92. The molecule has 140 valence electrons. The van der Waals surface area contributed by atoms with Gasteiger partial charge < -0.3 is 4.90 Å². The number of hydrogen-bond donors (Lipinski definition) is 0. The van der Waals surface area contributed by atoms with E-state index >= 15 is 0 Å². The predicted molar refractivity (Wildman–Crippen MR) is 98.3 cm³/mol. The number of benzene rings is 1. The molecule has 2 saturated heterocycles. The third-order valence-electron chi connectivity index (χ3n) is 5.34. The highest BCUT2D eigenvalue weighted by Gasteiger charge is 2.48. The van der Waals surface area contributed by atoms with Crippen LogP contribution in [0.3, 0.4) is 0 Å². The minimum atomic E-state index is -3.68. The van der Waals surface area contributed by atoms with Crippen molar-refractivity contribution in [1.29, 1.82) is 0 Å². The van der Waals surface area contributed by atoms with Gasteiger partial charge in [0, 0.05) is 32.2 Å². The molecular formula is C17H26N2O4S2. The van der Waals surface area contributed by atoms with E-state index in [1.54, 1.807) is 24.3 Å². The van der Waals surface area contributed by atoms with Crippen LogP contribution >= 0.6 is 0 Å². The number of aryl methyl sites for hydroxylation is 1. The summed E-state index contributed by atoms with van der Waals surface area (Å²) in [5, 5.41) is -0.881. The molecule has 0 unspecified atom stereocenters. The number of sulfone groups is 2. The first-order chi connectivity index (χ1) is 11.7. The van der Waals surface area contributed by atoms with E-state index in [4.69, 9.17) is 0 Å². The molecular weight excluding hydrogens is 360 g/mol. The largest absolute Gasteiger partial charge is 0.304 e. The van der Waals surface area contributed by atoms with E-state index in [0.717, 1.165) is 25.1 Å². The molecule has 3 rings (SSSR count). The molecule has 2 heterocycles. The Balaban J connectivity index is 1.91. The summed E-state index contributed by atoms with van der Waals surface area (Å²) in [7, 11) is -5.01. The number of hydrogen-bond acceptors (Lipinski definition) is 6. The topological polar surface area (TPSA) is 74.8 Å². The Morgan fingerprint density at radius 3 is 2.20 bits per heavy atom. The lowest BCUT2D eigenvalue weighted by Crippen LogP contribution is -2.54. The maximum atomic E-state index is 13.1. The third-order valence-corrected chi connectivity index (χ3v) is 9.47. The van der Waals surface area contributed by atoms with Gasteiger partial charge in [0.2, 0.25) is 0 Å². The Kier molecular flexibility index (Phi) is 5.26. The molecule has 0 aliphatic carbocycles. The lowest BCUT2D eigenvalue weighted by molar-refractivity contribution is 0.122. The fourth-order valence-electron chi connectivity index (χ4n) is 3.68. The predicted octanol–water partition coefficient (Wildman–Crippen LogP) is 0.436. The summed E-state index contributed by atoms with van der Waals surface area (Å²) in [5.41, 5.74) is 1.06. The van der Waals surface area contributed by atoms with Gasteiger partial charge in [-0.25, -0.2) is 16.8 Å². The van der Waals surface area contributed by atoms with E-state index in [0.29, 0.717) is 13.1 Å². The van der Waals surface area contributed by atoms with Gasteiger partial charge in [-0.2, -0.15) is 0 Å². The lowest BCUT2D eigenvalue weighted by atomic mass is 10.2. The van der Waals surface area contributed by atoms with Crippen LogP contribution in [-0.2, 0) is 26.1 Å². The van der Waals surface area contributed by atoms with Crippen LogP contribution in [0.15, 0.2) is 29.2 Å². The van der Waals surface area contributed by atoms with Crippen molar-refractivity contribution in [1.82, 2.24) is 9.80 Å². The van der Waals surface area contributed by atoms with E-state index in [1.807, 2.05) is 18.9 Å². The summed E-state index contributed by atoms with van der Waals surface area (Å²) in [6, 6.07) is 6.39. The van der Waals surface area contributed by atoms with E-state index in [2.05, 4.69) is 4.90 Å². The van der Waals surface area contributed by atoms with Crippen LogP contribution < -0.4 is 0 Å². The first-order valence-corrected chi connectivity index (χ1v) is 12.1. The van der Waals surface area contributed by atoms with Gasteiger partial charge in [-0.05, 0) is 31.2 Å². The van der Waals surface area contributed by atoms with Crippen molar-refractivity contribution in [3.05, 3.63) is 29.8 Å². The molecule has 0 radical (unpaired) electrons. The Labute approximate surface area is 150 Å². The zero-order valence-electron chi connectivity index (χ0n) is 14.8. The summed E-state index contributed by atoms with van der Waals surface area (Å²) >= 11 is 0. The first-order valence-electron chi connectivity index (χ1n) is 8.69.